The van der Waals surface area contributed by atoms with E-state index < -0.39 is 34.0 Å². The highest BCUT2D eigenvalue weighted by Gasteiger charge is 2.41. The van der Waals surface area contributed by atoms with E-state index in [9.17, 15) is 0 Å². The first kappa shape index (κ1) is 33.7. The minimum atomic E-state index is -0.964. The van der Waals surface area contributed by atoms with Crippen LogP contribution in [0.3, 0.4) is 0 Å². The van der Waals surface area contributed by atoms with Gasteiger partial charge in [-0.2, -0.15) is 19.6 Å². The van der Waals surface area contributed by atoms with Gasteiger partial charge in [0.1, 0.15) is 0 Å². The zero-order valence-corrected chi connectivity index (χ0v) is 25.3. The molecule has 0 saturated heterocycles. The fourth-order valence-electron chi connectivity index (χ4n) is 3.35. The minimum Gasteiger partial charge on any atom is -0.228 e. The Labute approximate surface area is 220 Å². The molecule has 0 amide bonds. The normalized spacial score (nSPS) is 21.0. The van der Waals surface area contributed by atoms with Gasteiger partial charge in [0.2, 0.25) is 11.6 Å². The van der Waals surface area contributed by atoms with Crippen LogP contribution in [0, 0.1) is 0 Å². The van der Waals surface area contributed by atoms with Crippen LogP contribution in [0.5, 0.6) is 0 Å². The molecule has 0 aliphatic heterocycles. The molecule has 1 rings (SSSR count). The summed E-state index contributed by atoms with van der Waals surface area (Å²) in [6.07, 6.45) is 7.84. The Kier molecular flexibility index (Phi) is 12.8. The van der Waals surface area contributed by atoms with Crippen LogP contribution >= 0.6 is 0 Å². The van der Waals surface area contributed by atoms with Gasteiger partial charge in [-0.25, -0.2) is 19.6 Å². The molecule has 0 atom stereocenters. The number of hydrogen-bond donors (Lipinski definition) is 0. The van der Waals surface area contributed by atoms with Crippen molar-refractivity contribution in [1.82, 2.24) is 0 Å². The quantitative estimate of drug-likeness (QED) is 0.180. The third-order valence-corrected chi connectivity index (χ3v) is 5.00. The number of hydrogen-bond acceptors (Lipinski definition) is 8. The second kappa shape index (κ2) is 13.7. The highest BCUT2D eigenvalue weighted by atomic mass is 17.3. The molecule has 216 valence electrons. The molecule has 1 aliphatic rings. The largest absolute Gasteiger partial charge is 0.234 e. The Morgan fingerprint density at radius 2 is 0.528 bits per heavy atom. The fraction of sp³-hybridized carbons (Fsp3) is 1.00. The van der Waals surface area contributed by atoms with Crippen molar-refractivity contribution in [1.29, 1.82) is 0 Å². The first-order valence-corrected chi connectivity index (χ1v) is 13.7. The average molecular weight is 521 g/mol. The van der Waals surface area contributed by atoms with Crippen LogP contribution in [0.2, 0.25) is 0 Å². The van der Waals surface area contributed by atoms with Gasteiger partial charge in [0.25, 0.3) is 0 Å². The summed E-state index contributed by atoms with van der Waals surface area (Å²) in [7, 11) is 0. The van der Waals surface area contributed by atoms with Crippen LogP contribution in [-0.2, 0) is 39.1 Å². The SMILES string of the molecule is CC(C)(C)OOC1(OOC(C)(C)C)CCCCCC(OOC(C)(C)C)(OOC(C)(C)C)CCCCC1. The summed E-state index contributed by atoms with van der Waals surface area (Å²) < 4.78 is 0. The lowest BCUT2D eigenvalue weighted by Gasteiger charge is -2.37. The van der Waals surface area contributed by atoms with E-state index in [0.29, 0.717) is 25.7 Å². The predicted octanol–water partition coefficient (Wildman–Crippen LogP) is 8.28. The van der Waals surface area contributed by atoms with Gasteiger partial charge in [0, 0.05) is 25.7 Å². The van der Waals surface area contributed by atoms with Crippen molar-refractivity contribution in [3.05, 3.63) is 0 Å². The molecule has 8 nitrogen and oxygen atoms in total. The summed E-state index contributed by atoms with van der Waals surface area (Å²) in [6.45, 7) is 23.5. The molecule has 36 heavy (non-hydrogen) atoms. The Bertz CT molecular complexity index is 501. The summed E-state index contributed by atoms with van der Waals surface area (Å²) in [5.41, 5.74) is -1.85. The summed E-state index contributed by atoms with van der Waals surface area (Å²) in [5, 5.41) is 0. The molecule has 0 aromatic carbocycles. The van der Waals surface area contributed by atoms with Crippen molar-refractivity contribution < 1.29 is 39.1 Å². The second-order valence-electron chi connectivity index (χ2n) is 14.1. The zero-order chi connectivity index (χ0) is 27.7. The van der Waals surface area contributed by atoms with Crippen LogP contribution in [0.15, 0.2) is 0 Å². The Morgan fingerprint density at radius 3 is 0.694 bits per heavy atom. The maximum absolute atomic E-state index is 5.99. The highest BCUT2D eigenvalue weighted by Crippen LogP contribution is 2.36. The molecule has 0 spiro atoms. The topological polar surface area (TPSA) is 73.8 Å². The van der Waals surface area contributed by atoms with Crippen LogP contribution < -0.4 is 0 Å². The van der Waals surface area contributed by atoms with Gasteiger partial charge in [0.15, 0.2) is 0 Å². The van der Waals surface area contributed by atoms with E-state index in [1.165, 1.54) is 0 Å². The second-order valence-corrected chi connectivity index (χ2v) is 14.1. The molecule has 0 radical (unpaired) electrons. The van der Waals surface area contributed by atoms with Crippen LogP contribution in [0.1, 0.15) is 147 Å². The molecule has 1 fully saturated rings. The smallest absolute Gasteiger partial charge is 0.228 e. The van der Waals surface area contributed by atoms with E-state index in [4.69, 9.17) is 39.1 Å². The van der Waals surface area contributed by atoms with Gasteiger partial charge in [-0.15, -0.1) is 0 Å². The van der Waals surface area contributed by atoms with Gasteiger partial charge >= 0.3 is 0 Å². The van der Waals surface area contributed by atoms with Crippen molar-refractivity contribution in [3.63, 3.8) is 0 Å². The van der Waals surface area contributed by atoms with Crippen LogP contribution in [0.25, 0.3) is 0 Å². The Hall–Kier alpha value is -0.320. The fourth-order valence-corrected chi connectivity index (χ4v) is 3.35. The molecule has 1 aliphatic carbocycles. The van der Waals surface area contributed by atoms with Gasteiger partial charge < -0.3 is 0 Å². The van der Waals surface area contributed by atoms with Crippen molar-refractivity contribution in [2.45, 2.75) is 181 Å². The Morgan fingerprint density at radius 1 is 0.333 bits per heavy atom. The highest BCUT2D eigenvalue weighted by molar-refractivity contribution is 4.75. The lowest BCUT2D eigenvalue weighted by molar-refractivity contribution is -0.545. The van der Waals surface area contributed by atoms with Gasteiger partial charge in [-0.3, -0.25) is 0 Å². The predicted molar refractivity (Wildman–Crippen MR) is 139 cm³/mol. The molecule has 1 saturated carbocycles. The molecular weight excluding hydrogens is 464 g/mol. The van der Waals surface area contributed by atoms with E-state index in [2.05, 4.69) is 0 Å². The van der Waals surface area contributed by atoms with E-state index in [1.54, 1.807) is 0 Å². The van der Waals surface area contributed by atoms with Gasteiger partial charge in [-0.05, 0) is 109 Å². The third-order valence-electron chi connectivity index (χ3n) is 5.00. The summed E-state index contributed by atoms with van der Waals surface area (Å²) in [4.78, 5) is 46.9. The summed E-state index contributed by atoms with van der Waals surface area (Å²) in [5.74, 6) is -1.93. The maximum atomic E-state index is 5.99. The van der Waals surface area contributed by atoms with Crippen molar-refractivity contribution in [3.8, 4) is 0 Å². The number of rotatable bonds is 8. The standard InChI is InChI=1S/C28H56O8/c1-23(2,3)29-33-27(34-30-24(4,5)6)19-15-13-17-21-28(22-18-14-16-20-27,35-31-25(7,8)9)36-32-26(10,11)12/h13-22H2,1-12H3. The molecule has 0 aromatic heterocycles. The molecule has 0 unspecified atom stereocenters. The van der Waals surface area contributed by atoms with E-state index in [1.807, 2.05) is 83.1 Å². The van der Waals surface area contributed by atoms with Crippen LogP contribution in [0.4, 0.5) is 0 Å². The molecule has 0 heterocycles. The molecule has 0 N–H and O–H groups in total. The lowest BCUT2D eigenvalue weighted by Crippen LogP contribution is -2.42. The molecular formula is C28H56O8. The Balaban J connectivity index is 2.99. The average Bonchev–Trinajstić information content (AvgIpc) is 2.69. The van der Waals surface area contributed by atoms with Gasteiger partial charge in [-0.1, -0.05) is 12.8 Å². The summed E-state index contributed by atoms with van der Waals surface area (Å²) in [6, 6.07) is 0. The van der Waals surface area contributed by atoms with Crippen molar-refractivity contribution >= 4 is 0 Å². The lowest BCUT2D eigenvalue weighted by atomic mass is 9.94. The minimum absolute atomic E-state index is 0.462. The summed E-state index contributed by atoms with van der Waals surface area (Å²) >= 11 is 0. The molecule has 0 aromatic rings. The molecule has 8 heteroatoms. The van der Waals surface area contributed by atoms with Crippen LogP contribution in [-0.4, -0.2) is 34.0 Å². The van der Waals surface area contributed by atoms with Gasteiger partial charge in [0.05, 0.1) is 22.4 Å². The van der Waals surface area contributed by atoms with Crippen molar-refractivity contribution in [2.75, 3.05) is 0 Å². The first-order valence-electron chi connectivity index (χ1n) is 13.7. The van der Waals surface area contributed by atoms with E-state index in [0.717, 1.165) is 38.5 Å². The zero-order valence-electron chi connectivity index (χ0n) is 25.3. The first-order chi connectivity index (χ1) is 16.2. The molecule has 0 bridgehead atoms. The van der Waals surface area contributed by atoms with Crippen molar-refractivity contribution in [2.24, 2.45) is 0 Å². The van der Waals surface area contributed by atoms with E-state index in [-0.39, 0.29) is 0 Å². The van der Waals surface area contributed by atoms with E-state index >= 15 is 0 Å². The monoisotopic (exact) mass is 520 g/mol. The maximum Gasteiger partial charge on any atom is 0.234 e. The third kappa shape index (κ3) is 15.8.